The van der Waals surface area contributed by atoms with Crippen LogP contribution in [0.3, 0.4) is 0 Å². The highest BCUT2D eigenvalue weighted by atomic mass is 16.5. The van der Waals surface area contributed by atoms with Crippen molar-refractivity contribution in [2.24, 2.45) is 0 Å². The zero-order valence-electron chi connectivity index (χ0n) is 19.2. The number of unbranched alkanes of at least 4 members (excludes halogenated alkanes) is 3. The first-order valence-electron chi connectivity index (χ1n) is 11.5. The summed E-state index contributed by atoms with van der Waals surface area (Å²) in [4.78, 5) is 27.1. The third kappa shape index (κ3) is 8.08. The average Bonchev–Trinajstić information content (AvgIpc) is 2.79. The number of ether oxygens (including phenoxy) is 1. The van der Waals surface area contributed by atoms with E-state index in [1.54, 1.807) is 36.4 Å². The Morgan fingerprint density at radius 3 is 1.97 bits per heavy atom. The van der Waals surface area contributed by atoms with Gasteiger partial charge in [0.25, 0.3) is 11.8 Å². The molecule has 0 radical (unpaired) electrons. The zero-order chi connectivity index (χ0) is 22.5. The highest BCUT2D eigenvalue weighted by molar-refractivity contribution is 6.04. The van der Waals surface area contributed by atoms with E-state index >= 15 is 0 Å². The normalized spacial score (nSPS) is 10.5. The second-order valence-electron chi connectivity index (χ2n) is 7.76. The van der Waals surface area contributed by atoms with Crippen molar-refractivity contribution < 1.29 is 14.3 Å². The van der Waals surface area contributed by atoms with Gasteiger partial charge in [-0.25, -0.2) is 0 Å². The van der Waals surface area contributed by atoms with E-state index in [1.165, 1.54) is 19.3 Å². The first-order chi connectivity index (χ1) is 15.1. The van der Waals surface area contributed by atoms with Crippen molar-refractivity contribution >= 4 is 17.5 Å². The number of benzene rings is 2. The highest BCUT2D eigenvalue weighted by Crippen LogP contribution is 2.16. The molecule has 0 fully saturated rings. The van der Waals surface area contributed by atoms with Crippen LogP contribution in [0, 0.1) is 0 Å². The molecule has 0 aliphatic heterocycles. The monoisotopic (exact) mass is 424 g/mol. The lowest BCUT2D eigenvalue weighted by atomic mass is 10.1. The van der Waals surface area contributed by atoms with Crippen LogP contribution in [0.4, 0.5) is 5.69 Å². The molecule has 2 aromatic carbocycles. The summed E-state index contributed by atoms with van der Waals surface area (Å²) >= 11 is 0. The molecule has 0 atom stereocenters. The van der Waals surface area contributed by atoms with E-state index in [0.717, 1.165) is 38.1 Å². The molecule has 0 aliphatic rings. The molecule has 5 nitrogen and oxygen atoms in total. The van der Waals surface area contributed by atoms with Gasteiger partial charge in [0, 0.05) is 29.9 Å². The van der Waals surface area contributed by atoms with E-state index in [4.69, 9.17) is 4.74 Å². The maximum absolute atomic E-state index is 12.7. The second-order valence-corrected chi connectivity index (χ2v) is 7.76. The maximum atomic E-state index is 12.7. The SMILES string of the molecule is CCCCCCOc1ccc(C(=O)Nc2ccc(C(=O)N(CCC)CCC)cc2)cc1. The number of carbonyl (C=O) groups is 2. The van der Waals surface area contributed by atoms with Crippen LogP contribution in [0.1, 0.15) is 80.0 Å². The Labute approximate surface area is 186 Å². The fraction of sp³-hybridized carbons (Fsp3) is 0.462. The molecule has 168 valence electrons. The topological polar surface area (TPSA) is 58.6 Å². The van der Waals surface area contributed by atoms with Crippen LogP contribution in [-0.4, -0.2) is 36.4 Å². The fourth-order valence-electron chi connectivity index (χ4n) is 3.36. The molecule has 2 aromatic rings. The standard InChI is InChI=1S/C26H36N2O3/c1-4-7-8-9-20-31-24-16-12-21(13-17-24)25(29)27-23-14-10-22(11-15-23)26(30)28(18-5-2)19-6-3/h10-17H,4-9,18-20H2,1-3H3,(H,27,29). The minimum absolute atomic E-state index is 0.0341. The van der Waals surface area contributed by atoms with Crippen LogP contribution >= 0.6 is 0 Å². The van der Waals surface area contributed by atoms with Crippen LogP contribution in [0.25, 0.3) is 0 Å². The molecule has 0 aliphatic carbocycles. The van der Waals surface area contributed by atoms with Gasteiger partial charge in [0.2, 0.25) is 0 Å². The Balaban J connectivity index is 1.89. The number of hydrogen-bond donors (Lipinski definition) is 1. The van der Waals surface area contributed by atoms with E-state index < -0.39 is 0 Å². The first kappa shape index (κ1) is 24.4. The van der Waals surface area contributed by atoms with Crippen molar-refractivity contribution in [2.75, 3.05) is 25.0 Å². The van der Waals surface area contributed by atoms with E-state index in [-0.39, 0.29) is 11.8 Å². The summed E-state index contributed by atoms with van der Waals surface area (Å²) in [6.07, 6.45) is 6.53. The number of carbonyl (C=O) groups excluding carboxylic acids is 2. The van der Waals surface area contributed by atoms with E-state index in [0.29, 0.717) is 23.4 Å². The smallest absolute Gasteiger partial charge is 0.255 e. The molecule has 2 amide bonds. The molecule has 0 spiro atoms. The van der Waals surface area contributed by atoms with Gasteiger partial charge < -0.3 is 15.0 Å². The number of hydrogen-bond acceptors (Lipinski definition) is 3. The van der Waals surface area contributed by atoms with Crippen molar-refractivity contribution in [3.05, 3.63) is 59.7 Å². The van der Waals surface area contributed by atoms with Crippen LogP contribution in [0.2, 0.25) is 0 Å². The molecule has 0 saturated carbocycles. The molecule has 2 rings (SSSR count). The Bertz CT molecular complexity index is 794. The van der Waals surface area contributed by atoms with Crippen LogP contribution in [0.5, 0.6) is 5.75 Å². The molecular weight excluding hydrogens is 388 g/mol. The van der Waals surface area contributed by atoms with Crippen molar-refractivity contribution in [1.29, 1.82) is 0 Å². The predicted molar refractivity (Wildman–Crippen MR) is 127 cm³/mol. The lowest BCUT2D eigenvalue weighted by molar-refractivity contribution is 0.0755. The summed E-state index contributed by atoms with van der Waals surface area (Å²) in [5, 5.41) is 2.89. The number of amides is 2. The third-order valence-electron chi connectivity index (χ3n) is 5.05. The first-order valence-corrected chi connectivity index (χ1v) is 11.5. The van der Waals surface area contributed by atoms with Crippen molar-refractivity contribution in [3.8, 4) is 5.75 Å². The van der Waals surface area contributed by atoms with Crippen molar-refractivity contribution in [2.45, 2.75) is 59.3 Å². The number of anilines is 1. The minimum atomic E-state index is -0.188. The summed E-state index contributed by atoms with van der Waals surface area (Å²) < 4.78 is 5.73. The van der Waals surface area contributed by atoms with Crippen LogP contribution in [-0.2, 0) is 0 Å². The summed E-state index contributed by atoms with van der Waals surface area (Å²) in [6, 6.07) is 14.3. The quantitative estimate of drug-likeness (QED) is 0.392. The van der Waals surface area contributed by atoms with Gasteiger partial charge in [0.05, 0.1) is 6.61 Å². The summed E-state index contributed by atoms with van der Waals surface area (Å²) in [6.45, 7) is 8.53. The van der Waals surface area contributed by atoms with Gasteiger partial charge in [-0.2, -0.15) is 0 Å². The largest absolute Gasteiger partial charge is 0.494 e. The average molecular weight is 425 g/mol. The Morgan fingerprint density at radius 2 is 1.39 bits per heavy atom. The molecule has 0 bridgehead atoms. The summed E-state index contributed by atoms with van der Waals surface area (Å²) in [5.41, 5.74) is 1.87. The van der Waals surface area contributed by atoms with Gasteiger partial charge in [-0.15, -0.1) is 0 Å². The summed E-state index contributed by atoms with van der Waals surface area (Å²) in [5.74, 6) is 0.624. The molecule has 1 N–H and O–H groups in total. The molecular formula is C26H36N2O3. The lowest BCUT2D eigenvalue weighted by Gasteiger charge is -2.21. The van der Waals surface area contributed by atoms with Gasteiger partial charge in [-0.3, -0.25) is 9.59 Å². The van der Waals surface area contributed by atoms with Gasteiger partial charge in [-0.05, 0) is 67.8 Å². The van der Waals surface area contributed by atoms with Crippen LogP contribution < -0.4 is 10.1 Å². The molecule has 31 heavy (non-hydrogen) atoms. The molecule has 0 aromatic heterocycles. The number of nitrogens with one attached hydrogen (secondary N) is 1. The van der Waals surface area contributed by atoms with Gasteiger partial charge >= 0.3 is 0 Å². The summed E-state index contributed by atoms with van der Waals surface area (Å²) in [7, 11) is 0. The minimum Gasteiger partial charge on any atom is -0.494 e. The van der Waals surface area contributed by atoms with E-state index in [9.17, 15) is 9.59 Å². The molecule has 0 saturated heterocycles. The molecule has 5 heteroatoms. The zero-order valence-corrected chi connectivity index (χ0v) is 19.2. The van der Waals surface area contributed by atoms with E-state index in [2.05, 4.69) is 26.1 Å². The van der Waals surface area contributed by atoms with Crippen molar-refractivity contribution in [3.63, 3.8) is 0 Å². The second kappa shape index (κ2) is 13.5. The predicted octanol–water partition coefficient (Wildman–Crippen LogP) is 6.16. The third-order valence-corrected chi connectivity index (χ3v) is 5.05. The van der Waals surface area contributed by atoms with Gasteiger partial charge in [-0.1, -0.05) is 40.0 Å². The fourth-order valence-corrected chi connectivity index (χ4v) is 3.36. The Hall–Kier alpha value is -2.82. The van der Waals surface area contributed by atoms with Gasteiger partial charge in [0.15, 0.2) is 0 Å². The van der Waals surface area contributed by atoms with Crippen molar-refractivity contribution in [1.82, 2.24) is 4.90 Å². The molecule has 0 heterocycles. The Kier molecular flexibility index (Phi) is 10.6. The number of nitrogens with zero attached hydrogens (tertiary/aromatic N) is 1. The van der Waals surface area contributed by atoms with E-state index in [1.807, 2.05) is 17.0 Å². The number of rotatable bonds is 13. The van der Waals surface area contributed by atoms with Crippen LogP contribution in [0.15, 0.2) is 48.5 Å². The molecule has 0 unspecified atom stereocenters. The Morgan fingerprint density at radius 1 is 0.774 bits per heavy atom. The lowest BCUT2D eigenvalue weighted by Crippen LogP contribution is -2.32. The maximum Gasteiger partial charge on any atom is 0.255 e. The van der Waals surface area contributed by atoms with Gasteiger partial charge in [0.1, 0.15) is 5.75 Å². The highest BCUT2D eigenvalue weighted by Gasteiger charge is 2.14.